The van der Waals surface area contributed by atoms with E-state index in [1.165, 1.54) is 23.1 Å². The van der Waals surface area contributed by atoms with Crippen molar-refractivity contribution >= 4 is 57.3 Å². The third-order valence-electron chi connectivity index (χ3n) is 2.76. The van der Waals surface area contributed by atoms with Crippen LogP contribution in [0.2, 0.25) is 5.02 Å². The molecule has 2 aromatic rings. The quantitative estimate of drug-likeness (QED) is 0.603. The summed E-state index contributed by atoms with van der Waals surface area (Å²) in [5, 5.41) is 14.4. The van der Waals surface area contributed by atoms with Crippen molar-refractivity contribution in [3.63, 3.8) is 0 Å². The lowest BCUT2D eigenvalue weighted by Crippen LogP contribution is -2.27. The molecule has 0 bridgehead atoms. The number of thioether (sulfide) groups is 1. The minimum absolute atomic E-state index is 0.129. The van der Waals surface area contributed by atoms with Gasteiger partial charge in [0.05, 0.1) is 5.75 Å². The molecule has 0 fully saturated rings. The van der Waals surface area contributed by atoms with Crippen molar-refractivity contribution in [2.24, 2.45) is 5.41 Å². The van der Waals surface area contributed by atoms with E-state index < -0.39 is 5.41 Å². The maximum Gasteiger partial charge on any atom is 0.234 e. The van der Waals surface area contributed by atoms with E-state index in [0.29, 0.717) is 20.2 Å². The number of carbonyl (C=O) groups is 2. The molecule has 0 unspecified atom stereocenters. The largest absolute Gasteiger partial charge is 0.325 e. The van der Waals surface area contributed by atoms with Crippen LogP contribution in [0.25, 0.3) is 0 Å². The Morgan fingerprint density at radius 2 is 1.83 bits per heavy atom. The van der Waals surface area contributed by atoms with Gasteiger partial charge in [0.1, 0.15) is 0 Å². The van der Waals surface area contributed by atoms with Crippen molar-refractivity contribution in [3.05, 3.63) is 29.3 Å². The van der Waals surface area contributed by atoms with E-state index in [1.807, 2.05) is 20.8 Å². The first kappa shape index (κ1) is 18.7. The molecule has 1 heterocycles. The van der Waals surface area contributed by atoms with Crippen LogP contribution in [-0.2, 0) is 9.59 Å². The van der Waals surface area contributed by atoms with Gasteiger partial charge in [0.25, 0.3) is 0 Å². The zero-order chi connectivity index (χ0) is 17.7. The van der Waals surface area contributed by atoms with Gasteiger partial charge in [-0.15, -0.1) is 10.2 Å². The van der Waals surface area contributed by atoms with Crippen LogP contribution < -0.4 is 10.6 Å². The highest BCUT2D eigenvalue weighted by atomic mass is 35.5. The average molecular weight is 385 g/mol. The van der Waals surface area contributed by atoms with Gasteiger partial charge in [0, 0.05) is 16.1 Å². The van der Waals surface area contributed by atoms with E-state index in [4.69, 9.17) is 11.6 Å². The second kappa shape index (κ2) is 7.96. The van der Waals surface area contributed by atoms with E-state index in [2.05, 4.69) is 20.8 Å². The summed E-state index contributed by atoms with van der Waals surface area (Å²) in [7, 11) is 0. The monoisotopic (exact) mass is 384 g/mol. The lowest BCUT2D eigenvalue weighted by molar-refractivity contribution is -0.123. The maximum absolute atomic E-state index is 11.9. The first-order valence-electron chi connectivity index (χ1n) is 7.07. The predicted molar refractivity (Wildman–Crippen MR) is 98.8 cm³/mol. The second-order valence-corrected chi connectivity index (χ2v) is 8.56. The number of halogens is 1. The summed E-state index contributed by atoms with van der Waals surface area (Å²) in [6.07, 6.45) is 0. The Labute approximate surface area is 153 Å². The minimum atomic E-state index is -0.503. The molecule has 1 aromatic heterocycles. The van der Waals surface area contributed by atoms with Crippen molar-refractivity contribution in [2.45, 2.75) is 25.1 Å². The van der Waals surface area contributed by atoms with E-state index in [9.17, 15) is 9.59 Å². The molecule has 0 saturated heterocycles. The summed E-state index contributed by atoms with van der Waals surface area (Å²) < 4.78 is 0.616. The van der Waals surface area contributed by atoms with Crippen molar-refractivity contribution in [3.8, 4) is 0 Å². The zero-order valence-corrected chi connectivity index (χ0v) is 15.8. The zero-order valence-electron chi connectivity index (χ0n) is 13.4. The molecule has 0 atom stereocenters. The van der Waals surface area contributed by atoms with Crippen molar-refractivity contribution in [2.75, 3.05) is 16.4 Å². The van der Waals surface area contributed by atoms with Gasteiger partial charge in [-0.05, 0) is 24.3 Å². The fraction of sp³-hybridized carbons (Fsp3) is 0.333. The van der Waals surface area contributed by atoms with Gasteiger partial charge >= 0.3 is 0 Å². The number of nitrogens with one attached hydrogen (secondary N) is 2. The third kappa shape index (κ3) is 5.77. The minimum Gasteiger partial charge on any atom is -0.325 e. The summed E-state index contributed by atoms with van der Waals surface area (Å²) in [6, 6.07) is 6.88. The number of hydrogen-bond acceptors (Lipinski definition) is 6. The second-order valence-electron chi connectivity index (χ2n) is 5.92. The average Bonchev–Trinajstić information content (AvgIpc) is 2.94. The number of aromatic nitrogens is 2. The number of hydrogen-bond donors (Lipinski definition) is 2. The van der Waals surface area contributed by atoms with Crippen LogP contribution in [0.1, 0.15) is 20.8 Å². The van der Waals surface area contributed by atoms with Crippen LogP contribution in [0.15, 0.2) is 28.6 Å². The Hall–Kier alpha value is -1.64. The van der Waals surface area contributed by atoms with Gasteiger partial charge in [-0.1, -0.05) is 55.5 Å². The molecular weight excluding hydrogens is 368 g/mol. The van der Waals surface area contributed by atoms with Crippen LogP contribution in [-0.4, -0.2) is 27.8 Å². The molecule has 2 N–H and O–H groups in total. The van der Waals surface area contributed by atoms with Crippen LogP contribution >= 0.6 is 34.7 Å². The normalized spacial score (nSPS) is 11.2. The lowest BCUT2D eigenvalue weighted by Gasteiger charge is -2.15. The number of nitrogens with zero attached hydrogens (tertiary/aromatic N) is 2. The molecule has 0 aliphatic heterocycles. The first-order valence-corrected chi connectivity index (χ1v) is 9.25. The Kier molecular flexibility index (Phi) is 6.20. The van der Waals surface area contributed by atoms with E-state index in [0.717, 1.165) is 0 Å². The molecular formula is C15H17ClN4O2S2. The fourth-order valence-corrected chi connectivity index (χ4v) is 3.13. The van der Waals surface area contributed by atoms with Gasteiger partial charge < -0.3 is 10.6 Å². The summed E-state index contributed by atoms with van der Waals surface area (Å²) in [4.78, 5) is 23.8. The van der Waals surface area contributed by atoms with E-state index in [-0.39, 0.29) is 17.6 Å². The van der Waals surface area contributed by atoms with Crippen LogP contribution in [0.5, 0.6) is 0 Å². The molecule has 6 nitrogen and oxygen atoms in total. The van der Waals surface area contributed by atoms with Gasteiger partial charge in [0.2, 0.25) is 16.9 Å². The molecule has 2 amide bonds. The maximum atomic E-state index is 11.9. The molecule has 9 heteroatoms. The molecule has 0 aliphatic rings. The lowest BCUT2D eigenvalue weighted by atomic mass is 9.96. The molecule has 0 aliphatic carbocycles. The van der Waals surface area contributed by atoms with Gasteiger partial charge in [-0.25, -0.2) is 0 Å². The van der Waals surface area contributed by atoms with Crippen molar-refractivity contribution in [1.82, 2.24) is 10.2 Å². The summed E-state index contributed by atoms with van der Waals surface area (Å²) in [6.45, 7) is 5.46. The summed E-state index contributed by atoms with van der Waals surface area (Å²) >= 11 is 8.30. The fourth-order valence-electron chi connectivity index (χ4n) is 1.46. The number of carbonyl (C=O) groups excluding carboxylic acids is 2. The molecule has 0 saturated carbocycles. The van der Waals surface area contributed by atoms with Gasteiger partial charge in [0.15, 0.2) is 4.34 Å². The van der Waals surface area contributed by atoms with Crippen LogP contribution in [0.4, 0.5) is 10.8 Å². The smallest absolute Gasteiger partial charge is 0.234 e. The molecule has 0 radical (unpaired) electrons. The summed E-state index contributed by atoms with van der Waals surface area (Å²) in [5.74, 6) is -0.0849. The summed E-state index contributed by atoms with van der Waals surface area (Å²) in [5.41, 5.74) is 0.178. The van der Waals surface area contributed by atoms with Crippen LogP contribution in [0, 0.1) is 5.41 Å². The first-order chi connectivity index (χ1) is 11.2. The molecule has 0 spiro atoms. The number of benzene rings is 1. The highest BCUT2D eigenvalue weighted by Gasteiger charge is 2.22. The Bertz CT molecular complexity index is 726. The van der Waals surface area contributed by atoms with Crippen molar-refractivity contribution in [1.29, 1.82) is 0 Å². The topological polar surface area (TPSA) is 84.0 Å². The SMILES string of the molecule is CC(C)(C)C(=O)Nc1nnc(SCC(=O)Nc2ccc(Cl)cc2)s1. The molecule has 128 valence electrons. The number of amides is 2. The highest BCUT2D eigenvalue weighted by Crippen LogP contribution is 2.27. The van der Waals surface area contributed by atoms with Gasteiger partial charge in [-0.3, -0.25) is 9.59 Å². The highest BCUT2D eigenvalue weighted by molar-refractivity contribution is 8.01. The Morgan fingerprint density at radius 1 is 1.17 bits per heavy atom. The third-order valence-corrected chi connectivity index (χ3v) is 4.99. The molecule has 2 rings (SSSR count). The molecule has 24 heavy (non-hydrogen) atoms. The Morgan fingerprint density at radius 3 is 2.46 bits per heavy atom. The van der Waals surface area contributed by atoms with Crippen LogP contribution in [0.3, 0.4) is 0 Å². The van der Waals surface area contributed by atoms with E-state index in [1.54, 1.807) is 24.3 Å². The Balaban J connectivity index is 1.83. The van der Waals surface area contributed by atoms with Gasteiger partial charge in [-0.2, -0.15) is 0 Å². The predicted octanol–water partition coefficient (Wildman–Crippen LogP) is 3.91. The van der Waals surface area contributed by atoms with Crippen molar-refractivity contribution < 1.29 is 9.59 Å². The molecule has 1 aromatic carbocycles. The number of anilines is 2. The number of rotatable bonds is 5. The standard InChI is InChI=1S/C15H17ClN4O2S2/c1-15(2,3)12(22)18-13-19-20-14(24-13)23-8-11(21)17-10-6-4-9(16)5-7-10/h4-7H,8H2,1-3H3,(H,17,21)(H,18,19,22). The van der Waals surface area contributed by atoms with E-state index >= 15 is 0 Å².